The van der Waals surface area contributed by atoms with Crippen LogP contribution < -0.4 is 15.6 Å². The van der Waals surface area contributed by atoms with Gasteiger partial charge in [0.15, 0.2) is 0 Å². The van der Waals surface area contributed by atoms with Crippen LogP contribution in [0.25, 0.3) is 10.2 Å². The molecule has 0 saturated heterocycles. The van der Waals surface area contributed by atoms with E-state index in [4.69, 9.17) is 0 Å². The Morgan fingerprint density at radius 1 is 1.06 bits per heavy atom. The number of benzene rings is 1. The Morgan fingerprint density at radius 2 is 1.70 bits per heavy atom. The normalized spacial score (nSPS) is 11.5. The second kappa shape index (κ2) is 8.37. The zero-order chi connectivity index (χ0) is 23.9. The summed E-state index contributed by atoms with van der Waals surface area (Å²) in [6.45, 7) is 5.19. The molecule has 170 valence electrons. The number of nitrogens with zero attached hydrogens (tertiary/aromatic N) is 4. The zero-order valence-electron chi connectivity index (χ0n) is 18.2. The zero-order valence-corrected chi connectivity index (χ0v) is 19.8. The summed E-state index contributed by atoms with van der Waals surface area (Å²) in [5.74, 6) is -0.417. The van der Waals surface area contributed by atoms with Gasteiger partial charge < -0.3 is 9.88 Å². The van der Waals surface area contributed by atoms with Crippen molar-refractivity contribution in [2.45, 2.75) is 25.7 Å². The standard InChI is InChI=1S/C21H20N6O4S2/c1-11-9-12(2)24-21(23-11)26-33(30,31)15-7-5-14(6-8-15)25-18(28)17-13(3)16-19(32-17)22-10-27(4)20(16)29/h5-10H,1-4H3,(H,25,28)(H,23,24,26). The van der Waals surface area contributed by atoms with Crippen LogP contribution >= 0.6 is 11.3 Å². The van der Waals surface area contributed by atoms with E-state index in [1.165, 1.54) is 35.2 Å². The summed E-state index contributed by atoms with van der Waals surface area (Å²) in [7, 11) is -2.31. The largest absolute Gasteiger partial charge is 0.321 e. The van der Waals surface area contributed by atoms with Gasteiger partial charge in [0.2, 0.25) is 5.95 Å². The number of carbonyl (C=O) groups excluding carboxylic acids is 1. The Balaban J connectivity index is 1.55. The first-order valence-electron chi connectivity index (χ1n) is 9.76. The third kappa shape index (κ3) is 4.47. The summed E-state index contributed by atoms with van der Waals surface area (Å²) in [5, 5.41) is 3.15. The van der Waals surface area contributed by atoms with Crippen molar-refractivity contribution in [3.05, 3.63) is 68.8 Å². The minimum atomic E-state index is -3.91. The number of sulfonamides is 1. The van der Waals surface area contributed by atoms with Crippen molar-refractivity contribution in [3.63, 3.8) is 0 Å². The predicted molar refractivity (Wildman–Crippen MR) is 126 cm³/mol. The lowest BCUT2D eigenvalue weighted by Crippen LogP contribution is -2.17. The summed E-state index contributed by atoms with van der Waals surface area (Å²) in [4.78, 5) is 38.4. The summed E-state index contributed by atoms with van der Waals surface area (Å²) in [6.07, 6.45) is 1.42. The summed E-state index contributed by atoms with van der Waals surface area (Å²) in [6, 6.07) is 7.44. The number of hydrogen-bond donors (Lipinski definition) is 2. The highest BCUT2D eigenvalue weighted by atomic mass is 32.2. The fourth-order valence-electron chi connectivity index (χ4n) is 3.28. The molecule has 0 atom stereocenters. The van der Waals surface area contributed by atoms with E-state index in [0.29, 0.717) is 37.7 Å². The van der Waals surface area contributed by atoms with Crippen molar-refractivity contribution < 1.29 is 13.2 Å². The molecule has 0 unspecified atom stereocenters. The minimum absolute atomic E-state index is 0.00556. The number of aromatic nitrogens is 4. The van der Waals surface area contributed by atoms with Crippen molar-refractivity contribution >= 4 is 49.1 Å². The Morgan fingerprint density at radius 3 is 2.33 bits per heavy atom. The van der Waals surface area contributed by atoms with Crippen LogP contribution in [0.4, 0.5) is 11.6 Å². The lowest BCUT2D eigenvalue weighted by Gasteiger charge is -2.09. The topological polar surface area (TPSA) is 136 Å². The van der Waals surface area contributed by atoms with Gasteiger partial charge in [-0.3, -0.25) is 9.59 Å². The smallest absolute Gasteiger partial charge is 0.266 e. The summed E-state index contributed by atoms with van der Waals surface area (Å²) < 4.78 is 29.1. The molecule has 1 aromatic carbocycles. The van der Waals surface area contributed by atoms with E-state index in [-0.39, 0.29) is 16.4 Å². The molecule has 0 aliphatic heterocycles. The van der Waals surface area contributed by atoms with Gasteiger partial charge >= 0.3 is 0 Å². The van der Waals surface area contributed by atoms with E-state index >= 15 is 0 Å². The van der Waals surface area contributed by atoms with E-state index in [1.54, 1.807) is 33.9 Å². The quantitative estimate of drug-likeness (QED) is 0.444. The van der Waals surface area contributed by atoms with Crippen LogP contribution in [0.3, 0.4) is 0 Å². The molecule has 0 spiro atoms. The van der Waals surface area contributed by atoms with Crippen LogP contribution in [0.2, 0.25) is 0 Å². The molecule has 4 aromatic rings. The average Bonchev–Trinajstić information content (AvgIpc) is 3.07. The van der Waals surface area contributed by atoms with Crippen LogP contribution in [-0.2, 0) is 17.1 Å². The van der Waals surface area contributed by atoms with Gasteiger partial charge in [-0.15, -0.1) is 11.3 Å². The first-order valence-corrected chi connectivity index (χ1v) is 12.1. The maximum atomic E-state index is 12.8. The van der Waals surface area contributed by atoms with Gasteiger partial charge in [0.1, 0.15) is 4.83 Å². The monoisotopic (exact) mass is 484 g/mol. The van der Waals surface area contributed by atoms with E-state index in [1.807, 2.05) is 0 Å². The molecule has 1 amide bonds. The maximum absolute atomic E-state index is 12.8. The number of carbonyl (C=O) groups is 1. The summed E-state index contributed by atoms with van der Waals surface area (Å²) in [5.41, 5.74) is 2.02. The highest BCUT2D eigenvalue weighted by molar-refractivity contribution is 7.92. The van der Waals surface area contributed by atoms with Crippen molar-refractivity contribution in [1.82, 2.24) is 19.5 Å². The maximum Gasteiger partial charge on any atom is 0.266 e. The molecule has 12 heteroatoms. The average molecular weight is 485 g/mol. The molecule has 0 radical (unpaired) electrons. The van der Waals surface area contributed by atoms with E-state index < -0.39 is 15.9 Å². The third-order valence-electron chi connectivity index (χ3n) is 4.85. The fourth-order valence-corrected chi connectivity index (χ4v) is 5.26. The number of anilines is 2. The molecule has 3 aromatic heterocycles. The molecule has 10 nitrogen and oxygen atoms in total. The van der Waals surface area contributed by atoms with Gasteiger partial charge in [-0.05, 0) is 56.7 Å². The molecule has 0 bridgehead atoms. The van der Waals surface area contributed by atoms with Gasteiger partial charge in [0, 0.05) is 24.1 Å². The SMILES string of the molecule is Cc1cc(C)nc(NS(=O)(=O)c2ccc(NC(=O)c3sc4ncn(C)c(=O)c4c3C)cc2)n1. The molecule has 0 fully saturated rings. The van der Waals surface area contributed by atoms with E-state index in [9.17, 15) is 18.0 Å². The van der Waals surface area contributed by atoms with E-state index in [0.717, 1.165) is 11.3 Å². The van der Waals surface area contributed by atoms with Crippen LogP contribution in [0, 0.1) is 20.8 Å². The Kier molecular flexibility index (Phi) is 5.72. The Bertz CT molecular complexity index is 1540. The second-order valence-electron chi connectivity index (χ2n) is 7.46. The number of rotatable bonds is 5. The minimum Gasteiger partial charge on any atom is -0.321 e. The molecule has 0 aliphatic carbocycles. The first kappa shape index (κ1) is 22.6. The molecule has 4 rings (SSSR count). The van der Waals surface area contributed by atoms with Crippen molar-refractivity contribution in [2.24, 2.45) is 7.05 Å². The van der Waals surface area contributed by atoms with Crippen LogP contribution in [-0.4, -0.2) is 33.8 Å². The number of hydrogen-bond acceptors (Lipinski definition) is 8. The molecule has 0 aliphatic rings. The summed E-state index contributed by atoms with van der Waals surface area (Å²) >= 11 is 1.13. The number of nitrogens with one attached hydrogen (secondary N) is 2. The van der Waals surface area contributed by atoms with Gasteiger partial charge in [-0.2, -0.15) is 0 Å². The van der Waals surface area contributed by atoms with Gasteiger partial charge in [-0.25, -0.2) is 28.1 Å². The van der Waals surface area contributed by atoms with Crippen LogP contribution in [0.5, 0.6) is 0 Å². The highest BCUT2D eigenvalue weighted by Gasteiger charge is 2.20. The second-order valence-corrected chi connectivity index (χ2v) is 10.1. The number of fused-ring (bicyclic) bond motifs is 1. The van der Waals surface area contributed by atoms with Crippen molar-refractivity contribution in [2.75, 3.05) is 10.0 Å². The van der Waals surface area contributed by atoms with Crippen LogP contribution in [0.1, 0.15) is 26.6 Å². The predicted octanol–water partition coefficient (Wildman–Crippen LogP) is 2.76. The molecular weight excluding hydrogens is 464 g/mol. The molecule has 33 heavy (non-hydrogen) atoms. The Labute approximate surface area is 193 Å². The number of thiophene rings is 1. The van der Waals surface area contributed by atoms with Crippen LogP contribution in [0.15, 0.2) is 46.3 Å². The number of amides is 1. The van der Waals surface area contributed by atoms with E-state index in [2.05, 4.69) is 25.0 Å². The van der Waals surface area contributed by atoms with Gasteiger partial charge in [-0.1, -0.05) is 0 Å². The van der Waals surface area contributed by atoms with Crippen molar-refractivity contribution in [3.8, 4) is 0 Å². The molecule has 2 N–H and O–H groups in total. The first-order chi connectivity index (χ1) is 15.5. The lowest BCUT2D eigenvalue weighted by molar-refractivity contribution is 0.103. The third-order valence-corrected chi connectivity index (χ3v) is 7.39. The fraction of sp³-hybridized carbons (Fsp3) is 0.190. The van der Waals surface area contributed by atoms with Crippen molar-refractivity contribution in [1.29, 1.82) is 0 Å². The molecular formula is C21H20N6O4S2. The highest BCUT2D eigenvalue weighted by Crippen LogP contribution is 2.27. The Hall–Kier alpha value is -3.64. The molecule has 3 heterocycles. The molecule has 0 saturated carbocycles. The lowest BCUT2D eigenvalue weighted by atomic mass is 10.2. The van der Waals surface area contributed by atoms with Gasteiger partial charge in [0.25, 0.3) is 21.5 Å². The number of aryl methyl sites for hydroxylation is 4. The van der Waals surface area contributed by atoms with Gasteiger partial charge in [0.05, 0.1) is 21.5 Å².